The van der Waals surface area contributed by atoms with Gasteiger partial charge in [0.1, 0.15) is 0 Å². The lowest BCUT2D eigenvalue weighted by Gasteiger charge is -2.31. The van der Waals surface area contributed by atoms with Gasteiger partial charge < -0.3 is 0 Å². The number of nitrogens with one attached hydrogen (secondary N) is 1. The summed E-state index contributed by atoms with van der Waals surface area (Å²) in [6.45, 7) is 2.59. The minimum absolute atomic E-state index is 0.174. The molecule has 0 radical (unpaired) electrons. The number of piperidine rings is 1. The van der Waals surface area contributed by atoms with Crippen molar-refractivity contribution in [3.8, 4) is 0 Å². The van der Waals surface area contributed by atoms with E-state index in [4.69, 9.17) is 0 Å². The van der Waals surface area contributed by atoms with E-state index in [0.29, 0.717) is 19.4 Å². The van der Waals surface area contributed by atoms with Crippen LogP contribution in [0.4, 0.5) is 0 Å². The van der Waals surface area contributed by atoms with Gasteiger partial charge in [0.05, 0.1) is 10.8 Å². The number of carbonyl (C=O) groups excluding carboxylic acids is 1. The molecule has 0 unspecified atom stereocenters. The number of amides is 1. The van der Waals surface area contributed by atoms with E-state index in [9.17, 15) is 13.2 Å². The van der Waals surface area contributed by atoms with Crippen LogP contribution in [-0.2, 0) is 14.8 Å². The first kappa shape index (κ1) is 19.0. The van der Waals surface area contributed by atoms with Crippen molar-refractivity contribution in [1.29, 1.82) is 0 Å². The number of carbonyl (C=O) groups is 1. The second-order valence-electron chi connectivity index (χ2n) is 7.23. The molecule has 1 aromatic rings. The van der Waals surface area contributed by atoms with Gasteiger partial charge in [0.2, 0.25) is 15.9 Å². The molecule has 7 heteroatoms. The summed E-state index contributed by atoms with van der Waals surface area (Å²) in [5.41, 5.74) is 4.73. The van der Waals surface area contributed by atoms with E-state index >= 15 is 0 Å². The van der Waals surface area contributed by atoms with E-state index in [-0.39, 0.29) is 23.3 Å². The summed E-state index contributed by atoms with van der Waals surface area (Å²) in [6.07, 6.45) is 6.73. The maximum absolute atomic E-state index is 12.8. The summed E-state index contributed by atoms with van der Waals surface area (Å²) in [5, 5.41) is 4.26. The summed E-state index contributed by atoms with van der Waals surface area (Å²) in [5.74, 6) is -0.524. The molecule has 2 aliphatic rings. The number of hydrogen-bond acceptors (Lipinski definition) is 4. The Morgan fingerprint density at radius 2 is 1.81 bits per heavy atom. The monoisotopic (exact) mass is 377 g/mol. The SMILES string of the molecule is Cc1ccc(S(=O)(=O)N2CCC[C@@H](C(=O)NN=C3CCCCC3)C2)cc1. The molecule has 1 atom stereocenters. The Morgan fingerprint density at radius 1 is 1.12 bits per heavy atom. The molecule has 1 N–H and O–H groups in total. The lowest BCUT2D eigenvalue weighted by Crippen LogP contribution is -2.44. The van der Waals surface area contributed by atoms with Gasteiger partial charge in [-0.1, -0.05) is 24.1 Å². The normalized spacial score (nSPS) is 22.0. The zero-order chi connectivity index (χ0) is 18.6. The van der Waals surface area contributed by atoms with Crippen molar-refractivity contribution in [1.82, 2.24) is 9.73 Å². The molecular formula is C19H27N3O3S. The fourth-order valence-corrected chi connectivity index (χ4v) is 5.05. The molecule has 1 aliphatic heterocycles. The fourth-order valence-electron chi connectivity index (χ4n) is 3.53. The zero-order valence-corrected chi connectivity index (χ0v) is 16.1. The van der Waals surface area contributed by atoms with Gasteiger partial charge in [0.25, 0.3) is 0 Å². The molecule has 26 heavy (non-hydrogen) atoms. The third kappa shape index (κ3) is 4.51. The van der Waals surface area contributed by atoms with Crippen molar-refractivity contribution in [2.24, 2.45) is 11.0 Å². The van der Waals surface area contributed by atoms with Gasteiger partial charge in [0, 0.05) is 18.8 Å². The van der Waals surface area contributed by atoms with Crippen molar-refractivity contribution in [3.63, 3.8) is 0 Å². The van der Waals surface area contributed by atoms with Crippen molar-refractivity contribution in [3.05, 3.63) is 29.8 Å². The van der Waals surface area contributed by atoms with Crippen LogP contribution >= 0.6 is 0 Å². The maximum Gasteiger partial charge on any atom is 0.244 e. The Balaban J connectivity index is 1.64. The highest BCUT2D eigenvalue weighted by Gasteiger charge is 2.33. The van der Waals surface area contributed by atoms with Crippen LogP contribution in [0.15, 0.2) is 34.3 Å². The Kier molecular flexibility index (Phi) is 6.09. The van der Waals surface area contributed by atoms with Crippen molar-refractivity contribution >= 4 is 21.6 Å². The highest BCUT2D eigenvalue weighted by molar-refractivity contribution is 7.89. The molecule has 6 nitrogen and oxygen atoms in total. The average molecular weight is 378 g/mol. The molecule has 1 saturated carbocycles. The number of sulfonamides is 1. The van der Waals surface area contributed by atoms with Crippen LogP contribution in [0.2, 0.25) is 0 Å². The standard InChI is InChI=1S/C19H27N3O3S/c1-15-9-11-18(12-10-15)26(24,25)22-13-5-6-16(14-22)19(23)21-20-17-7-3-2-4-8-17/h9-12,16H,2-8,13-14H2,1H3,(H,21,23)/t16-/m1/s1. The fraction of sp³-hybridized carbons (Fsp3) is 0.579. The van der Waals surface area contributed by atoms with Gasteiger partial charge in [-0.15, -0.1) is 0 Å². The molecule has 1 heterocycles. The highest BCUT2D eigenvalue weighted by atomic mass is 32.2. The largest absolute Gasteiger partial charge is 0.273 e. The lowest BCUT2D eigenvalue weighted by atomic mass is 9.98. The number of rotatable bonds is 4. The van der Waals surface area contributed by atoms with E-state index < -0.39 is 10.0 Å². The third-order valence-corrected chi connectivity index (χ3v) is 7.05. The van der Waals surface area contributed by atoms with Crippen molar-refractivity contribution < 1.29 is 13.2 Å². The molecule has 0 bridgehead atoms. The second kappa shape index (κ2) is 8.31. The summed E-state index contributed by atoms with van der Waals surface area (Å²) < 4.78 is 27.1. The summed E-state index contributed by atoms with van der Waals surface area (Å²) in [6, 6.07) is 6.84. The molecule has 3 rings (SSSR count). The first-order valence-corrected chi connectivity index (χ1v) is 10.8. The summed E-state index contributed by atoms with van der Waals surface area (Å²) in [4.78, 5) is 12.7. The minimum atomic E-state index is -3.56. The molecule has 2 fully saturated rings. The third-order valence-electron chi connectivity index (χ3n) is 5.17. The van der Waals surface area contributed by atoms with Crippen LogP contribution in [-0.4, -0.2) is 37.4 Å². The number of nitrogens with zero attached hydrogens (tertiary/aromatic N) is 2. The summed E-state index contributed by atoms with van der Waals surface area (Å²) in [7, 11) is -3.56. The highest BCUT2D eigenvalue weighted by Crippen LogP contribution is 2.24. The van der Waals surface area contributed by atoms with Crippen LogP contribution in [0.1, 0.15) is 50.5 Å². The van der Waals surface area contributed by atoms with Crippen LogP contribution < -0.4 is 5.43 Å². The first-order valence-electron chi connectivity index (χ1n) is 9.39. The van der Waals surface area contributed by atoms with Gasteiger partial charge in [-0.2, -0.15) is 9.41 Å². The number of benzene rings is 1. The topological polar surface area (TPSA) is 78.8 Å². The average Bonchev–Trinajstić information content (AvgIpc) is 2.67. The first-order chi connectivity index (χ1) is 12.5. The Labute approximate surface area is 155 Å². The van der Waals surface area contributed by atoms with Gasteiger partial charge in [0.15, 0.2) is 0 Å². The number of hydrazone groups is 1. The molecule has 142 valence electrons. The van der Waals surface area contributed by atoms with Crippen LogP contribution in [0, 0.1) is 12.8 Å². The molecule has 1 aromatic carbocycles. The lowest BCUT2D eigenvalue weighted by molar-refractivity contribution is -0.126. The van der Waals surface area contributed by atoms with E-state index in [1.807, 2.05) is 6.92 Å². The minimum Gasteiger partial charge on any atom is -0.273 e. The molecule has 0 spiro atoms. The van der Waals surface area contributed by atoms with Crippen LogP contribution in [0.3, 0.4) is 0 Å². The molecule has 0 aromatic heterocycles. The van der Waals surface area contributed by atoms with Crippen LogP contribution in [0.25, 0.3) is 0 Å². The molecule has 1 saturated heterocycles. The summed E-state index contributed by atoms with van der Waals surface area (Å²) >= 11 is 0. The van der Waals surface area contributed by atoms with E-state index in [1.165, 1.54) is 10.7 Å². The molecular weight excluding hydrogens is 350 g/mol. The van der Waals surface area contributed by atoms with Crippen LogP contribution in [0.5, 0.6) is 0 Å². The number of aryl methyl sites for hydroxylation is 1. The van der Waals surface area contributed by atoms with Gasteiger partial charge in [-0.25, -0.2) is 13.8 Å². The molecule has 1 aliphatic carbocycles. The van der Waals surface area contributed by atoms with Gasteiger partial charge >= 0.3 is 0 Å². The second-order valence-corrected chi connectivity index (χ2v) is 9.17. The number of hydrogen-bond donors (Lipinski definition) is 1. The van der Waals surface area contributed by atoms with E-state index in [1.54, 1.807) is 24.3 Å². The van der Waals surface area contributed by atoms with E-state index in [2.05, 4.69) is 10.5 Å². The quantitative estimate of drug-likeness (QED) is 0.820. The predicted octanol–water partition coefficient (Wildman–Crippen LogP) is 2.83. The van der Waals surface area contributed by atoms with Gasteiger partial charge in [-0.05, 0) is 57.6 Å². The molecule has 1 amide bonds. The predicted molar refractivity (Wildman–Crippen MR) is 101 cm³/mol. The Bertz CT molecular complexity index is 764. The smallest absolute Gasteiger partial charge is 0.244 e. The van der Waals surface area contributed by atoms with E-state index in [0.717, 1.165) is 37.0 Å². The van der Waals surface area contributed by atoms with Crippen molar-refractivity contribution in [2.45, 2.75) is 56.8 Å². The van der Waals surface area contributed by atoms with Gasteiger partial charge in [-0.3, -0.25) is 4.79 Å². The van der Waals surface area contributed by atoms with Crippen molar-refractivity contribution in [2.75, 3.05) is 13.1 Å². The Hall–Kier alpha value is -1.73. The Morgan fingerprint density at radius 3 is 2.50 bits per heavy atom. The maximum atomic E-state index is 12.8. The zero-order valence-electron chi connectivity index (χ0n) is 15.3.